The number of esters is 1. The first-order valence-corrected chi connectivity index (χ1v) is 10.6. The summed E-state index contributed by atoms with van der Waals surface area (Å²) in [6.45, 7) is 3.19. The van der Waals surface area contributed by atoms with Crippen molar-refractivity contribution in [2.24, 2.45) is 0 Å². The number of para-hydroxylation sites is 2. The van der Waals surface area contributed by atoms with Gasteiger partial charge >= 0.3 is 5.97 Å². The fourth-order valence-corrected chi connectivity index (χ4v) is 3.85. The van der Waals surface area contributed by atoms with Gasteiger partial charge in [-0.2, -0.15) is 0 Å². The fourth-order valence-electron chi connectivity index (χ4n) is 3.85. The Kier molecular flexibility index (Phi) is 7.81. The normalized spacial score (nSPS) is 18.0. The van der Waals surface area contributed by atoms with Crippen LogP contribution in [0.5, 0.6) is 5.75 Å². The Morgan fingerprint density at radius 2 is 1.66 bits per heavy atom. The lowest BCUT2D eigenvalue weighted by Gasteiger charge is -2.38. The number of anilines is 1. The van der Waals surface area contributed by atoms with E-state index in [-0.39, 0.29) is 41.6 Å². The molecule has 32 heavy (non-hydrogen) atoms. The lowest BCUT2D eigenvalue weighted by atomic mass is 9.97. The van der Waals surface area contributed by atoms with Gasteiger partial charge in [0.25, 0.3) is 11.8 Å². The molecule has 2 amide bonds. The van der Waals surface area contributed by atoms with Gasteiger partial charge in [-0.15, -0.1) is 0 Å². The SMILES string of the molecule is CC1CCCC(C)N1C(=O)COC(=O)c1ccccc1OCC(=O)Nc1ccccc1F. The Balaban J connectivity index is 1.57. The van der Waals surface area contributed by atoms with Crippen LogP contribution in [0.25, 0.3) is 0 Å². The van der Waals surface area contributed by atoms with Crippen molar-refractivity contribution in [3.63, 3.8) is 0 Å². The van der Waals surface area contributed by atoms with Gasteiger partial charge in [-0.05, 0) is 57.4 Å². The molecule has 1 N–H and O–H groups in total. The third-order valence-electron chi connectivity index (χ3n) is 5.42. The molecule has 3 rings (SSSR count). The molecular weight excluding hydrogens is 415 g/mol. The van der Waals surface area contributed by atoms with E-state index in [1.54, 1.807) is 23.1 Å². The zero-order valence-electron chi connectivity index (χ0n) is 18.2. The van der Waals surface area contributed by atoms with Gasteiger partial charge in [0, 0.05) is 12.1 Å². The van der Waals surface area contributed by atoms with Gasteiger partial charge in [0.15, 0.2) is 13.2 Å². The molecule has 2 unspecified atom stereocenters. The van der Waals surface area contributed by atoms with E-state index in [9.17, 15) is 18.8 Å². The second-order valence-corrected chi connectivity index (χ2v) is 7.82. The maximum absolute atomic E-state index is 13.7. The maximum Gasteiger partial charge on any atom is 0.342 e. The number of hydrogen-bond donors (Lipinski definition) is 1. The number of likely N-dealkylation sites (tertiary alicyclic amines) is 1. The number of rotatable bonds is 7. The Morgan fingerprint density at radius 1 is 1.00 bits per heavy atom. The zero-order chi connectivity index (χ0) is 23.1. The van der Waals surface area contributed by atoms with Gasteiger partial charge in [0.2, 0.25) is 0 Å². The molecular formula is C24H27FN2O5. The Bertz CT molecular complexity index is 970. The Morgan fingerprint density at radius 3 is 2.38 bits per heavy atom. The third kappa shape index (κ3) is 5.84. The number of halogens is 1. The van der Waals surface area contributed by atoms with Crippen LogP contribution in [0, 0.1) is 5.82 Å². The standard InChI is InChI=1S/C24H27FN2O5/c1-16-8-7-9-17(2)27(16)23(29)15-32-24(30)18-10-3-6-13-21(18)31-14-22(28)26-20-12-5-4-11-19(20)25/h3-6,10-13,16-17H,7-9,14-15H2,1-2H3,(H,26,28). The summed E-state index contributed by atoms with van der Waals surface area (Å²) in [5.41, 5.74) is 0.132. The van der Waals surface area contributed by atoms with Crippen LogP contribution in [0.15, 0.2) is 48.5 Å². The van der Waals surface area contributed by atoms with Crippen molar-refractivity contribution >= 4 is 23.5 Å². The van der Waals surface area contributed by atoms with E-state index < -0.39 is 24.3 Å². The molecule has 0 aliphatic carbocycles. The molecule has 2 aromatic rings. The van der Waals surface area contributed by atoms with Crippen LogP contribution in [-0.2, 0) is 14.3 Å². The largest absolute Gasteiger partial charge is 0.483 e. The van der Waals surface area contributed by atoms with Crippen LogP contribution in [0.3, 0.4) is 0 Å². The average molecular weight is 442 g/mol. The summed E-state index contributed by atoms with van der Waals surface area (Å²) in [7, 11) is 0. The highest BCUT2D eigenvalue weighted by Crippen LogP contribution is 2.23. The minimum Gasteiger partial charge on any atom is -0.483 e. The molecule has 0 bridgehead atoms. The number of nitrogens with one attached hydrogen (secondary N) is 1. The van der Waals surface area contributed by atoms with Gasteiger partial charge < -0.3 is 19.7 Å². The van der Waals surface area contributed by atoms with Crippen LogP contribution in [0.4, 0.5) is 10.1 Å². The van der Waals surface area contributed by atoms with Crippen molar-refractivity contribution in [2.75, 3.05) is 18.5 Å². The number of carbonyl (C=O) groups excluding carboxylic acids is 3. The average Bonchev–Trinajstić information content (AvgIpc) is 2.77. The van der Waals surface area contributed by atoms with Gasteiger partial charge in [0.05, 0.1) is 5.69 Å². The summed E-state index contributed by atoms with van der Waals surface area (Å²) in [4.78, 5) is 39.0. The van der Waals surface area contributed by atoms with E-state index in [0.29, 0.717) is 0 Å². The molecule has 1 heterocycles. The van der Waals surface area contributed by atoms with E-state index in [4.69, 9.17) is 9.47 Å². The number of carbonyl (C=O) groups is 3. The molecule has 2 aromatic carbocycles. The van der Waals surface area contributed by atoms with Crippen molar-refractivity contribution in [1.82, 2.24) is 4.90 Å². The number of nitrogens with zero attached hydrogens (tertiary/aromatic N) is 1. The highest BCUT2D eigenvalue weighted by atomic mass is 19.1. The first-order chi connectivity index (χ1) is 15.4. The molecule has 1 fully saturated rings. The Labute approximate surface area is 186 Å². The van der Waals surface area contributed by atoms with E-state index in [1.807, 2.05) is 13.8 Å². The molecule has 170 valence electrons. The van der Waals surface area contributed by atoms with Crippen molar-refractivity contribution in [3.8, 4) is 5.75 Å². The fraction of sp³-hybridized carbons (Fsp3) is 0.375. The minimum absolute atomic E-state index is 0.0356. The molecule has 7 nitrogen and oxygen atoms in total. The molecule has 0 saturated carbocycles. The van der Waals surface area contributed by atoms with Gasteiger partial charge in [-0.3, -0.25) is 9.59 Å². The lowest BCUT2D eigenvalue weighted by molar-refractivity contribution is -0.140. The van der Waals surface area contributed by atoms with E-state index in [1.165, 1.54) is 30.3 Å². The number of hydrogen-bond acceptors (Lipinski definition) is 5. The Hall–Kier alpha value is -3.42. The van der Waals surface area contributed by atoms with Crippen LogP contribution in [0.1, 0.15) is 43.5 Å². The van der Waals surface area contributed by atoms with E-state index >= 15 is 0 Å². The van der Waals surface area contributed by atoms with Gasteiger partial charge in [-0.25, -0.2) is 9.18 Å². The summed E-state index contributed by atoms with van der Waals surface area (Å²) in [6, 6.07) is 12.3. The van der Waals surface area contributed by atoms with Gasteiger partial charge in [-0.1, -0.05) is 24.3 Å². The van der Waals surface area contributed by atoms with Gasteiger partial charge in [0.1, 0.15) is 17.1 Å². The second-order valence-electron chi connectivity index (χ2n) is 7.82. The number of benzene rings is 2. The van der Waals surface area contributed by atoms with Crippen molar-refractivity contribution in [1.29, 1.82) is 0 Å². The minimum atomic E-state index is -0.722. The molecule has 8 heteroatoms. The predicted molar refractivity (Wildman–Crippen MR) is 117 cm³/mol. The first-order valence-electron chi connectivity index (χ1n) is 10.6. The summed E-state index contributed by atoms with van der Waals surface area (Å²) in [5, 5.41) is 2.41. The van der Waals surface area contributed by atoms with Crippen molar-refractivity contribution in [2.45, 2.75) is 45.2 Å². The monoisotopic (exact) mass is 442 g/mol. The summed E-state index contributed by atoms with van der Waals surface area (Å²) in [6.07, 6.45) is 2.92. The van der Waals surface area contributed by atoms with E-state index in [2.05, 4.69) is 5.32 Å². The molecule has 0 spiro atoms. The molecule has 1 aliphatic rings. The predicted octanol–water partition coefficient (Wildman–Crippen LogP) is 3.79. The van der Waals surface area contributed by atoms with Crippen LogP contribution < -0.4 is 10.1 Å². The quantitative estimate of drug-likeness (QED) is 0.660. The summed E-state index contributed by atoms with van der Waals surface area (Å²) in [5.74, 6) is -1.97. The number of ether oxygens (including phenoxy) is 2. The number of amides is 2. The molecule has 1 aliphatic heterocycles. The zero-order valence-corrected chi connectivity index (χ0v) is 18.2. The topological polar surface area (TPSA) is 84.9 Å². The molecule has 0 aromatic heterocycles. The maximum atomic E-state index is 13.7. The summed E-state index contributed by atoms with van der Waals surface area (Å²) < 4.78 is 24.4. The first kappa shape index (κ1) is 23.2. The smallest absolute Gasteiger partial charge is 0.342 e. The third-order valence-corrected chi connectivity index (χ3v) is 5.42. The highest BCUT2D eigenvalue weighted by Gasteiger charge is 2.29. The van der Waals surface area contributed by atoms with Crippen LogP contribution in [0.2, 0.25) is 0 Å². The van der Waals surface area contributed by atoms with Crippen molar-refractivity contribution < 1.29 is 28.2 Å². The van der Waals surface area contributed by atoms with E-state index in [0.717, 1.165) is 19.3 Å². The van der Waals surface area contributed by atoms with Crippen LogP contribution >= 0.6 is 0 Å². The lowest BCUT2D eigenvalue weighted by Crippen LogP contribution is -2.49. The molecule has 2 atom stereocenters. The molecule has 1 saturated heterocycles. The highest BCUT2D eigenvalue weighted by molar-refractivity contribution is 5.95. The van der Waals surface area contributed by atoms with Crippen molar-refractivity contribution in [3.05, 3.63) is 59.9 Å². The second kappa shape index (κ2) is 10.7. The number of piperidine rings is 1. The van der Waals surface area contributed by atoms with Crippen LogP contribution in [-0.4, -0.2) is 48.0 Å². The molecule has 0 radical (unpaired) electrons. The summed E-state index contributed by atoms with van der Waals surface area (Å²) >= 11 is 0.